The summed E-state index contributed by atoms with van der Waals surface area (Å²) in [5.41, 5.74) is 1.48. The Morgan fingerprint density at radius 1 is 1.20 bits per heavy atom. The second kappa shape index (κ2) is 13.8. The Hall–Kier alpha value is -4.63. The zero-order valence-corrected chi connectivity index (χ0v) is 26.5. The lowest BCUT2D eigenvalue weighted by Gasteiger charge is -2.39. The molecule has 1 aliphatic rings. The van der Waals surface area contributed by atoms with E-state index < -0.39 is 36.5 Å². The van der Waals surface area contributed by atoms with E-state index in [2.05, 4.69) is 27.2 Å². The lowest BCUT2D eigenvalue weighted by Crippen LogP contribution is -2.53. The van der Waals surface area contributed by atoms with Gasteiger partial charge in [-0.25, -0.2) is 19.1 Å². The van der Waals surface area contributed by atoms with Gasteiger partial charge in [0.1, 0.15) is 17.6 Å². The number of ether oxygens (including phenoxy) is 1. The smallest absolute Gasteiger partial charge is 0.408 e. The highest BCUT2D eigenvalue weighted by Gasteiger charge is 2.46. The molecule has 3 aromatic rings. The molecule has 3 amide bonds. The molecule has 2 aromatic carbocycles. The number of fused-ring (bicyclic) bond motifs is 1. The Morgan fingerprint density at radius 3 is 2.52 bits per heavy atom. The van der Waals surface area contributed by atoms with Crippen LogP contribution in [0.5, 0.6) is 5.75 Å². The van der Waals surface area contributed by atoms with E-state index >= 15 is 0 Å². The van der Waals surface area contributed by atoms with Crippen molar-refractivity contribution in [3.05, 3.63) is 65.6 Å². The van der Waals surface area contributed by atoms with Gasteiger partial charge in [0, 0.05) is 38.0 Å². The number of nitrogens with zero attached hydrogens (tertiary/aromatic N) is 6. The van der Waals surface area contributed by atoms with Crippen molar-refractivity contribution < 1.29 is 31.9 Å². The van der Waals surface area contributed by atoms with Gasteiger partial charge in [-0.1, -0.05) is 18.2 Å². The van der Waals surface area contributed by atoms with E-state index in [-0.39, 0.29) is 28.0 Å². The molecule has 11 nitrogen and oxygen atoms in total. The van der Waals surface area contributed by atoms with Crippen LogP contribution in [-0.2, 0) is 11.3 Å². The molecule has 16 heteroatoms. The van der Waals surface area contributed by atoms with E-state index in [1.807, 2.05) is 30.9 Å². The lowest BCUT2D eigenvalue weighted by molar-refractivity contribution is -0.172. The third-order valence-corrected chi connectivity index (χ3v) is 7.54. The van der Waals surface area contributed by atoms with Gasteiger partial charge in [0.05, 0.1) is 41.4 Å². The number of aromatic nitrogens is 2. The summed E-state index contributed by atoms with van der Waals surface area (Å²) in [7, 11) is 7.18. The van der Waals surface area contributed by atoms with Crippen LogP contribution in [0.3, 0.4) is 0 Å². The number of urea groups is 1. The van der Waals surface area contributed by atoms with Gasteiger partial charge in [0.15, 0.2) is 5.82 Å². The number of likely N-dealkylation sites (N-methyl/N-ethyl adjacent to an activating group) is 2. The summed E-state index contributed by atoms with van der Waals surface area (Å²) in [5, 5.41) is 5.56. The SMILES string of the molecule is C=CC(=O)Nc1cc(Nc2ncc3c(n2)N(c2ccc(Cl)c(F)c2)C(=O)N([C@@H](C)C(F)(F)F)C3)c(OC)cc1N(C)CCN(C)C. The fourth-order valence-electron chi connectivity index (χ4n) is 4.60. The number of hydrogen-bond donors (Lipinski definition) is 2. The molecule has 246 valence electrons. The van der Waals surface area contributed by atoms with E-state index in [0.717, 1.165) is 30.5 Å². The number of carbonyl (C=O) groups excluding carboxylic acids is 2. The molecule has 0 bridgehead atoms. The Kier molecular flexibility index (Phi) is 10.3. The van der Waals surface area contributed by atoms with Crippen molar-refractivity contribution in [1.82, 2.24) is 19.8 Å². The van der Waals surface area contributed by atoms with E-state index in [9.17, 15) is 27.2 Å². The molecule has 1 aromatic heterocycles. The molecule has 1 aliphatic heterocycles. The number of hydrogen-bond acceptors (Lipinski definition) is 8. The number of anilines is 6. The zero-order valence-electron chi connectivity index (χ0n) is 25.7. The monoisotopic (exact) mass is 664 g/mol. The van der Waals surface area contributed by atoms with E-state index in [4.69, 9.17) is 16.3 Å². The average Bonchev–Trinajstić information content (AvgIpc) is 3.00. The van der Waals surface area contributed by atoms with Crippen LogP contribution >= 0.6 is 11.6 Å². The van der Waals surface area contributed by atoms with E-state index in [1.54, 1.807) is 12.1 Å². The molecule has 0 fully saturated rings. The highest BCUT2D eigenvalue weighted by molar-refractivity contribution is 6.30. The standard InChI is InChI=1S/C30H33ClF4N8O3/c1-7-26(44)37-22-13-23(25(46-6)14-24(22)41(5)11-10-40(3)4)38-28-36-15-18-16-42(17(2)30(33,34)35)29(45)43(27(18)39-28)19-8-9-20(31)21(32)12-19/h7-9,12-15,17H,1,10-11,16H2,2-6H3,(H,37,44)(H,36,38,39)/t17-/m0/s1. The molecule has 0 spiro atoms. The third kappa shape index (κ3) is 7.42. The molecule has 1 atom stereocenters. The minimum absolute atomic E-state index is 0.0590. The molecule has 2 heterocycles. The summed E-state index contributed by atoms with van der Waals surface area (Å²) in [6, 6.07) is 3.51. The van der Waals surface area contributed by atoms with E-state index in [1.165, 1.54) is 25.4 Å². The highest BCUT2D eigenvalue weighted by Crippen LogP contribution is 2.40. The fourth-order valence-corrected chi connectivity index (χ4v) is 4.71. The lowest BCUT2D eigenvalue weighted by atomic mass is 10.1. The first-order chi connectivity index (χ1) is 21.6. The van der Waals surface area contributed by atoms with Crippen molar-refractivity contribution in [3.63, 3.8) is 0 Å². The maximum absolute atomic E-state index is 14.5. The fraction of sp³-hybridized carbons (Fsp3) is 0.333. The molecule has 0 saturated carbocycles. The predicted molar refractivity (Wildman–Crippen MR) is 169 cm³/mol. The zero-order chi connectivity index (χ0) is 33.9. The van der Waals surface area contributed by atoms with Gasteiger partial charge >= 0.3 is 12.2 Å². The number of rotatable bonds is 11. The first kappa shape index (κ1) is 34.2. The molecule has 0 saturated heterocycles. The Labute approximate surface area is 268 Å². The van der Waals surface area contributed by atoms with Crippen LogP contribution in [0, 0.1) is 5.82 Å². The Balaban J connectivity index is 1.79. The number of alkyl halides is 3. The molecular weight excluding hydrogens is 632 g/mol. The average molecular weight is 665 g/mol. The van der Waals surface area contributed by atoms with Crippen molar-refractivity contribution in [2.24, 2.45) is 0 Å². The van der Waals surface area contributed by atoms with Crippen LogP contribution in [0.25, 0.3) is 0 Å². The summed E-state index contributed by atoms with van der Waals surface area (Å²) >= 11 is 5.83. The summed E-state index contributed by atoms with van der Waals surface area (Å²) in [6.07, 6.45) is -2.32. The number of halogens is 5. The summed E-state index contributed by atoms with van der Waals surface area (Å²) in [6.45, 7) is 5.27. The molecule has 46 heavy (non-hydrogen) atoms. The molecule has 4 rings (SSSR count). The van der Waals surface area contributed by atoms with Crippen LogP contribution in [0.2, 0.25) is 5.02 Å². The second-order valence-electron chi connectivity index (χ2n) is 10.7. The van der Waals surface area contributed by atoms with Crippen LogP contribution in [0.4, 0.5) is 56.9 Å². The van der Waals surface area contributed by atoms with Crippen molar-refractivity contribution >= 4 is 58.1 Å². The topological polar surface area (TPSA) is 106 Å². The van der Waals surface area contributed by atoms with Crippen LogP contribution in [-0.4, -0.2) is 85.3 Å². The van der Waals surface area contributed by atoms with Crippen molar-refractivity contribution in [3.8, 4) is 5.75 Å². The van der Waals surface area contributed by atoms with E-state index in [0.29, 0.717) is 34.3 Å². The van der Waals surface area contributed by atoms with Crippen molar-refractivity contribution in [2.45, 2.75) is 25.7 Å². The normalized spacial score (nSPS) is 13.8. The largest absolute Gasteiger partial charge is 0.494 e. The summed E-state index contributed by atoms with van der Waals surface area (Å²) < 4.78 is 61.3. The maximum Gasteiger partial charge on any atom is 0.408 e. The van der Waals surface area contributed by atoms with Gasteiger partial charge in [-0.15, -0.1) is 0 Å². The van der Waals surface area contributed by atoms with Gasteiger partial charge in [0.25, 0.3) is 0 Å². The minimum atomic E-state index is -4.73. The summed E-state index contributed by atoms with van der Waals surface area (Å²) in [5.74, 6) is -1.10. The third-order valence-electron chi connectivity index (χ3n) is 7.24. The molecule has 2 N–H and O–H groups in total. The number of nitrogens with one attached hydrogen (secondary N) is 2. The number of amides is 3. The van der Waals surface area contributed by atoms with Gasteiger partial charge < -0.3 is 30.1 Å². The van der Waals surface area contributed by atoms with Gasteiger partial charge in [-0.2, -0.15) is 18.2 Å². The van der Waals surface area contributed by atoms with Crippen molar-refractivity contribution in [2.75, 3.05) is 61.8 Å². The minimum Gasteiger partial charge on any atom is -0.494 e. The molecule has 0 unspecified atom stereocenters. The van der Waals surface area contributed by atoms with Gasteiger partial charge in [0.2, 0.25) is 11.9 Å². The Morgan fingerprint density at radius 2 is 1.91 bits per heavy atom. The first-order valence-electron chi connectivity index (χ1n) is 13.9. The number of methoxy groups -OCH3 is 1. The second-order valence-corrected chi connectivity index (χ2v) is 11.1. The summed E-state index contributed by atoms with van der Waals surface area (Å²) in [4.78, 5) is 40.0. The van der Waals surface area contributed by atoms with Crippen LogP contribution in [0.15, 0.2) is 49.2 Å². The van der Waals surface area contributed by atoms with Gasteiger partial charge in [-0.05, 0) is 51.4 Å². The van der Waals surface area contributed by atoms with Gasteiger partial charge in [-0.3, -0.25) is 4.79 Å². The van der Waals surface area contributed by atoms with Crippen molar-refractivity contribution in [1.29, 1.82) is 0 Å². The van der Waals surface area contributed by atoms with Crippen LogP contribution < -0.4 is 25.2 Å². The molecule has 0 radical (unpaired) electrons. The number of carbonyl (C=O) groups is 2. The molecule has 0 aliphatic carbocycles. The highest BCUT2D eigenvalue weighted by atomic mass is 35.5. The predicted octanol–water partition coefficient (Wildman–Crippen LogP) is 6.17. The maximum atomic E-state index is 14.5. The number of benzene rings is 2. The quantitative estimate of drug-likeness (QED) is 0.185. The Bertz CT molecular complexity index is 1640. The first-order valence-corrected chi connectivity index (χ1v) is 14.3. The molecular formula is C30H33ClF4N8O3. The van der Waals surface area contributed by atoms with Crippen LogP contribution in [0.1, 0.15) is 12.5 Å².